The Labute approximate surface area is 134 Å². The summed E-state index contributed by atoms with van der Waals surface area (Å²) in [6, 6.07) is 3.27. The number of esters is 1. The molecule has 1 aliphatic heterocycles. The van der Waals surface area contributed by atoms with Crippen molar-refractivity contribution in [2.24, 2.45) is 0 Å². The summed E-state index contributed by atoms with van der Waals surface area (Å²) in [5.74, 6) is -1.20. The Bertz CT molecular complexity index is 573. The van der Waals surface area contributed by atoms with Gasteiger partial charge in [0.25, 0.3) is 0 Å². The number of nitrogens with one attached hydrogen (secondary N) is 1. The first kappa shape index (κ1) is 17.2. The summed E-state index contributed by atoms with van der Waals surface area (Å²) in [5, 5.41) is 2.50. The molecule has 6 nitrogen and oxygen atoms in total. The molecule has 0 aliphatic carbocycles. The van der Waals surface area contributed by atoms with Crippen LogP contribution in [-0.2, 0) is 9.47 Å². The van der Waals surface area contributed by atoms with E-state index in [0.717, 1.165) is 18.9 Å². The van der Waals surface area contributed by atoms with Gasteiger partial charge in [-0.2, -0.15) is 0 Å². The van der Waals surface area contributed by atoms with Crippen LogP contribution >= 0.6 is 0 Å². The number of methoxy groups -OCH3 is 1. The van der Waals surface area contributed by atoms with Gasteiger partial charge in [0, 0.05) is 19.7 Å². The number of carbonyl (C=O) groups is 2. The number of halogens is 1. The number of ether oxygens (including phenoxy) is 2. The van der Waals surface area contributed by atoms with Crippen LogP contribution in [0.4, 0.5) is 14.9 Å². The number of benzene rings is 1. The first-order chi connectivity index (χ1) is 11.0. The van der Waals surface area contributed by atoms with Gasteiger partial charge in [-0.15, -0.1) is 0 Å². The molecule has 1 heterocycles. The van der Waals surface area contributed by atoms with E-state index < -0.39 is 17.8 Å². The predicted octanol–water partition coefficient (Wildman–Crippen LogP) is 2.65. The Morgan fingerprint density at radius 3 is 2.87 bits per heavy atom. The van der Waals surface area contributed by atoms with Crippen LogP contribution in [0.5, 0.6) is 0 Å². The van der Waals surface area contributed by atoms with Gasteiger partial charge in [-0.3, -0.25) is 0 Å². The number of carbonyl (C=O) groups excluding carboxylic acids is 2. The maximum atomic E-state index is 13.9. The van der Waals surface area contributed by atoms with Crippen LogP contribution in [0.2, 0.25) is 0 Å². The lowest BCUT2D eigenvalue weighted by atomic mass is 10.2. The number of anilines is 1. The predicted molar refractivity (Wildman–Crippen MR) is 83.0 cm³/mol. The quantitative estimate of drug-likeness (QED) is 0.846. The number of urea groups is 1. The average Bonchev–Trinajstić information content (AvgIpc) is 3.06. The van der Waals surface area contributed by atoms with Crippen LogP contribution in [0, 0.1) is 5.82 Å². The average molecular weight is 324 g/mol. The lowest BCUT2D eigenvalue weighted by molar-refractivity contribution is 0.0600. The Balaban J connectivity index is 2.06. The third-order valence-corrected chi connectivity index (χ3v) is 3.75. The van der Waals surface area contributed by atoms with Gasteiger partial charge in [-0.05, 0) is 38.0 Å². The number of amides is 2. The molecule has 0 aromatic heterocycles. The molecule has 1 atom stereocenters. The molecular weight excluding hydrogens is 303 g/mol. The molecule has 1 aromatic carbocycles. The summed E-state index contributed by atoms with van der Waals surface area (Å²) in [6.45, 7) is 3.49. The molecule has 1 fully saturated rings. The highest BCUT2D eigenvalue weighted by Gasteiger charge is 2.22. The Hall–Kier alpha value is -2.15. The van der Waals surface area contributed by atoms with Gasteiger partial charge in [0.05, 0.1) is 24.5 Å². The van der Waals surface area contributed by atoms with Gasteiger partial charge in [0.2, 0.25) is 0 Å². The van der Waals surface area contributed by atoms with Crippen molar-refractivity contribution in [3.05, 3.63) is 29.6 Å². The molecule has 1 aromatic rings. The molecule has 1 aliphatic rings. The van der Waals surface area contributed by atoms with E-state index in [4.69, 9.17) is 4.74 Å². The van der Waals surface area contributed by atoms with E-state index in [1.165, 1.54) is 19.2 Å². The lowest BCUT2D eigenvalue weighted by Crippen LogP contribution is -2.40. The molecule has 7 heteroatoms. The van der Waals surface area contributed by atoms with Crippen molar-refractivity contribution in [3.8, 4) is 0 Å². The fourth-order valence-corrected chi connectivity index (χ4v) is 2.45. The molecule has 0 bridgehead atoms. The van der Waals surface area contributed by atoms with Crippen LogP contribution in [0.25, 0.3) is 0 Å². The minimum Gasteiger partial charge on any atom is -0.465 e. The van der Waals surface area contributed by atoms with Gasteiger partial charge < -0.3 is 19.7 Å². The number of rotatable bonds is 5. The number of hydrogen-bond acceptors (Lipinski definition) is 4. The Kier molecular flexibility index (Phi) is 5.92. The molecular formula is C16H21FN2O4. The zero-order chi connectivity index (χ0) is 16.8. The second-order valence-electron chi connectivity index (χ2n) is 5.29. The fourth-order valence-electron chi connectivity index (χ4n) is 2.45. The van der Waals surface area contributed by atoms with Crippen LogP contribution < -0.4 is 5.32 Å². The van der Waals surface area contributed by atoms with E-state index >= 15 is 0 Å². The summed E-state index contributed by atoms with van der Waals surface area (Å²) in [6.07, 6.45) is 1.92. The normalized spacial score (nSPS) is 16.9. The second-order valence-corrected chi connectivity index (χ2v) is 5.29. The van der Waals surface area contributed by atoms with Gasteiger partial charge in [-0.1, -0.05) is 0 Å². The molecule has 2 rings (SSSR count). The van der Waals surface area contributed by atoms with Gasteiger partial charge in [0.1, 0.15) is 5.82 Å². The number of nitrogens with zero attached hydrogens (tertiary/aromatic N) is 1. The fraction of sp³-hybridized carbons (Fsp3) is 0.500. The topological polar surface area (TPSA) is 67.9 Å². The van der Waals surface area contributed by atoms with Crippen molar-refractivity contribution in [2.45, 2.75) is 25.9 Å². The zero-order valence-corrected chi connectivity index (χ0v) is 13.3. The van der Waals surface area contributed by atoms with E-state index in [0.29, 0.717) is 19.7 Å². The molecule has 0 spiro atoms. The molecule has 1 saturated heterocycles. The SMILES string of the molecule is CCN(CC1CCCO1)C(=O)Nc1cc(C(=O)OC)ccc1F. The monoisotopic (exact) mass is 324 g/mol. The van der Waals surface area contributed by atoms with Crippen molar-refractivity contribution in [1.82, 2.24) is 4.90 Å². The minimum absolute atomic E-state index is 0.0203. The Morgan fingerprint density at radius 2 is 2.26 bits per heavy atom. The van der Waals surface area contributed by atoms with Crippen molar-refractivity contribution in [3.63, 3.8) is 0 Å². The van der Waals surface area contributed by atoms with E-state index in [2.05, 4.69) is 10.1 Å². The minimum atomic E-state index is -0.612. The summed E-state index contributed by atoms with van der Waals surface area (Å²) >= 11 is 0. The molecule has 126 valence electrons. The molecule has 0 radical (unpaired) electrons. The smallest absolute Gasteiger partial charge is 0.337 e. The van der Waals surface area contributed by atoms with Crippen LogP contribution in [0.1, 0.15) is 30.1 Å². The third-order valence-electron chi connectivity index (χ3n) is 3.75. The summed E-state index contributed by atoms with van der Waals surface area (Å²) in [5.41, 5.74) is 0.120. The van der Waals surface area contributed by atoms with Gasteiger partial charge in [-0.25, -0.2) is 14.0 Å². The maximum Gasteiger partial charge on any atom is 0.337 e. The van der Waals surface area contributed by atoms with Crippen molar-refractivity contribution >= 4 is 17.7 Å². The van der Waals surface area contributed by atoms with E-state index in [-0.39, 0.29) is 17.4 Å². The standard InChI is InChI=1S/C16H21FN2O4/c1-3-19(10-12-5-4-8-23-12)16(21)18-14-9-11(15(20)22-2)6-7-13(14)17/h6-7,9,12H,3-5,8,10H2,1-2H3,(H,18,21). The molecule has 1 unspecified atom stereocenters. The number of likely N-dealkylation sites (N-methyl/N-ethyl adjacent to an activating group) is 1. The summed E-state index contributed by atoms with van der Waals surface area (Å²) in [7, 11) is 1.24. The van der Waals surface area contributed by atoms with Crippen molar-refractivity contribution in [2.75, 3.05) is 32.1 Å². The first-order valence-electron chi connectivity index (χ1n) is 7.60. The molecule has 1 N–H and O–H groups in total. The van der Waals surface area contributed by atoms with Crippen LogP contribution in [-0.4, -0.2) is 49.8 Å². The van der Waals surface area contributed by atoms with Gasteiger partial charge >= 0.3 is 12.0 Å². The largest absolute Gasteiger partial charge is 0.465 e. The zero-order valence-electron chi connectivity index (χ0n) is 13.3. The second kappa shape index (κ2) is 7.92. The first-order valence-corrected chi connectivity index (χ1v) is 7.60. The van der Waals surface area contributed by atoms with E-state index in [1.54, 1.807) is 4.90 Å². The van der Waals surface area contributed by atoms with E-state index in [9.17, 15) is 14.0 Å². The highest BCUT2D eigenvalue weighted by molar-refractivity contribution is 5.94. The Morgan fingerprint density at radius 1 is 1.48 bits per heavy atom. The van der Waals surface area contributed by atoms with E-state index in [1.807, 2.05) is 6.92 Å². The van der Waals surface area contributed by atoms with Crippen molar-refractivity contribution in [1.29, 1.82) is 0 Å². The molecule has 2 amide bonds. The van der Waals surface area contributed by atoms with Crippen LogP contribution in [0.3, 0.4) is 0 Å². The number of hydrogen-bond donors (Lipinski definition) is 1. The highest BCUT2D eigenvalue weighted by atomic mass is 19.1. The highest BCUT2D eigenvalue weighted by Crippen LogP contribution is 2.18. The maximum absolute atomic E-state index is 13.9. The van der Waals surface area contributed by atoms with Crippen LogP contribution in [0.15, 0.2) is 18.2 Å². The molecule has 0 saturated carbocycles. The third kappa shape index (κ3) is 4.41. The van der Waals surface area contributed by atoms with Crippen molar-refractivity contribution < 1.29 is 23.5 Å². The molecule has 23 heavy (non-hydrogen) atoms. The summed E-state index contributed by atoms with van der Waals surface area (Å²) < 4.78 is 24.0. The van der Waals surface area contributed by atoms with Gasteiger partial charge in [0.15, 0.2) is 0 Å². The lowest BCUT2D eigenvalue weighted by Gasteiger charge is -2.24. The summed E-state index contributed by atoms with van der Waals surface area (Å²) in [4.78, 5) is 25.4.